The van der Waals surface area contributed by atoms with E-state index in [0.29, 0.717) is 29.3 Å². The van der Waals surface area contributed by atoms with Crippen molar-refractivity contribution in [2.75, 3.05) is 0 Å². The van der Waals surface area contributed by atoms with Crippen LogP contribution < -0.4 is 0 Å². The van der Waals surface area contributed by atoms with E-state index in [4.69, 9.17) is 11.6 Å². The zero-order chi connectivity index (χ0) is 15.0. The topological polar surface area (TPSA) is 20.2 Å². The first-order chi connectivity index (χ1) is 9.22. The normalized spacial score (nSPS) is 28.2. The predicted octanol–water partition coefficient (Wildman–Crippen LogP) is 5.29. The zero-order valence-corrected chi connectivity index (χ0v) is 13.3. The van der Waals surface area contributed by atoms with Gasteiger partial charge in [-0.05, 0) is 61.6 Å². The van der Waals surface area contributed by atoms with Crippen LogP contribution in [0, 0.1) is 17.2 Å². The molecule has 1 fully saturated rings. The van der Waals surface area contributed by atoms with E-state index in [1.165, 1.54) is 18.2 Å². The van der Waals surface area contributed by atoms with Crippen molar-refractivity contribution in [3.63, 3.8) is 0 Å². The third-order valence-electron chi connectivity index (χ3n) is 4.70. The van der Waals surface area contributed by atoms with E-state index in [-0.39, 0.29) is 11.2 Å². The lowest BCUT2D eigenvalue weighted by Gasteiger charge is -2.31. The molecule has 3 heteroatoms. The largest absolute Gasteiger partial charge is 0.385 e. The number of halogens is 2. The van der Waals surface area contributed by atoms with Crippen LogP contribution in [0.3, 0.4) is 0 Å². The lowest BCUT2D eigenvalue weighted by atomic mass is 9.76. The minimum Gasteiger partial charge on any atom is -0.385 e. The molecule has 0 aromatic heterocycles. The Bertz CT molecular complexity index is 480. The number of hydrogen-bond donors (Lipinski definition) is 1. The fourth-order valence-electron chi connectivity index (χ4n) is 3.31. The third kappa shape index (κ3) is 3.35. The molecule has 1 aliphatic rings. The number of rotatable bonds is 1. The Morgan fingerprint density at radius 2 is 1.95 bits per heavy atom. The first-order valence-electron chi connectivity index (χ1n) is 7.40. The van der Waals surface area contributed by atoms with E-state index in [0.717, 1.165) is 19.3 Å². The molecule has 0 saturated heterocycles. The van der Waals surface area contributed by atoms with Gasteiger partial charge in [0.05, 0.1) is 5.60 Å². The van der Waals surface area contributed by atoms with Crippen molar-refractivity contribution in [3.8, 4) is 0 Å². The minimum atomic E-state index is -0.987. The maximum absolute atomic E-state index is 13.5. The fourth-order valence-corrected chi connectivity index (χ4v) is 3.61. The van der Waals surface area contributed by atoms with Crippen LogP contribution in [0.15, 0.2) is 18.2 Å². The van der Waals surface area contributed by atoms with E-state index in [1.807, 2.05) is 0 Å². The molecule has 0 heterocycles. The van der Waals surface area contributed by atoms with Gasteiger partial charge in [-0.2, -0.15) is 0 Å². The molecule has 0 bridgehead atoms. The van der Waals surface area contributed by atoms with Gasteiger partial charge in [-0.3, -0.25) is 0 Å². The molecule has 1 aromatic carbocycles. The van der Waals surface area contributed by atoms with Crippen molar-refractivity contribution in [1.82, 2.24) is 0 Å². The van der Waals surface area contributed by atoms with Gasteiger partial charge in [-0.25, -0.2) is 4.39 Å². The summed E-state index contributed by atoms with van der Waals surface area (Å²) in [6, 6.07) is 4.26. The van der Waals surface area contributed by atoms with Crippen LogP contribution in [-0.4, -0.2) is 5.11 Å². The summed E-state index contributed by atoms with van der Waals surface area (Å²) in [6.07, 6.45) is 4.32. The van der Waals surface area contributed by atoms with Crippen LogP contribution in [0.25, 0.3) is 0 Å². The molecule has 0 aliphatic heterocycles. The molecule has 2 rings (SSSR count). The summed E-state index contributed by atoms with van der Waals surface area (Å²) in [7, 11) is 0. The fraction of sp³-hybridized carbons (Fsp3) is 0.647. The van der Waals surface area contributed by atoms with E-state index in [2.05, 4.69) is 20.8 Å². The SMILES string of the molecule is CC(C)(C)C1CCCC(O)(c2cc(F)ccc2Cl)CC1. The van der Waals surface area contributed by atoms with E-state index < -0.39 is 5.60 Å². The van der Waals surface area contributed by atoms with Crippen LogP contribution in [-0.2, 0) is 5.60 Å². The van der Waals surface area contributed by atoms with Crippen molar-refractivity contribution in [2.45, 2.75) is 58.5 Å². The lowest BCUT2D eigenvalue weighted by molar-refractivity contribution is 0.0178. The summed E-state index contributed by atoms with van der Waals surface area (Å²) in [5.41, 5.74) is -0.190. The molecule has 112 valence electrons. The minimum absolute atomic E-state index is 0.247. The summed E-state index contributed by atoms with van der Waals surface area (Å²) < 4.78 is 13.5. The molecule has 2 unspecified atom stereocenters. The van der Waals surface area contributed by atoms with Crippen molar-refractivity contribution in [1.29, 1.82) is 0 Å². The highest BCUT2D eigenvalue weighted by Gasteiger charge is 2.37. The third-order valence-corrected chi connectivity index (χ3v) is 5.03. The molecule has 20 heavy (non-hydrogen) atoms. The highest BCUT2D eigenvalue weighted by atomic mass is 35.5. The summed E-state index contributed by atoms with van der Waals surface area (Å²) in [5, 5.41) is 11.4. The second-order valence-electron chi connectivity index (χ2n) is 7.15. The van der Waals surface area contributed by atoms with Gasteiger partial charge in [0.15, 0.2) is 0 Å². The smallest absolute Gasteiger partial charge is 0.123 e. The summed E-state index contributed by atoms with van der Waals surface area (Å²) in [6.45, 7) is 6.74. The van der Waals surface area contributed by atoms with Crippen LogP contribution in [0.1, 0.15) is 58.4 Å². The van der Waals surface area contributed by atoms with Crippen LogP contribution >= 0.6 is 11.6 Å². The molecule has 0 spiro atoms. The standard InChI is InChI=1S/C17H24ClFO/c1-16(2,3)12-5-4-9-17(20,10-8-12)14-11-13(19)6-7-15(14)18/h6-7,11-12,20H,4-5,8-10H2,1-3H3. The molecule has 1 aromatic rings. The number of aliphatic hydroxyl groups is 1. The highest BCUT2D eigenvalue weighted by molar-refractivity contribution is 6.31. The Morgan fingerprint density at radius 1 is 1.25 bits per heavy atom. The average molecular weight is 299 g/mol. The Morgan fingerprint density at radius 3 is 2.60 bits per heavy atom. The first kappa shape index (κ1) is 15.8. The summed E-state index contributed by atoms with van der Waals surface area (Å²) in [5.74, 6) is 0.248. The average Bonchev–Trinajstić information content (AvgIpc) is 2.55. The molecule has 1 N–H and O–H groups in total. The van der Waals surface area contributed by atoms with E-state index >= 15 is 0 Å². The molecular formula is C17H24ClFO. The number of hydrogen-bond acceptors (Lipinski definition) is 1. The van der Waals surface area contributed by atoms with Gasteiger partial charge in [0.1, 0.15) is 5.82 Å². The van der Waals surface area contributed by atoms with Crippen LogP contribution in [0.5, 0.6) is 0 Å². The molecule has 1 saturated carbocycles. The van der Waals surface area contributed by atoms with E-state index in [1.54, 1.807) is 0 Å². The molecule has 2 atom stereocenters. The second-order valence-corrected chi connectivity index (χ2v) is 7.56. The van der Waals surface area contributed by atoms with Crippen molar-refractivity contribution < 1.29 is 9.50 Å². The van der Waals surface area contributed by atoms with Gasteiger partial charge in [0.2, 0.25) is 0 Å². The Kier molecular flexibility index (Phi) is 4.46. The first-order valence-corrected chi connectivity index (χ1v) is 7.78. The Labute approximate surface area is 126 Å². The van der Waals surface area contributed by atoms with E-state index in [9.17, 15) is 9.50 Å². The lowest BCUT2D eigenvalue weighted by Crippen LogP contribution is -2.26. The van der Waals surface area contributed by atoms with Gasteiger partial charge < -0.3 is 5.11 Å². The van der Waals surface area contributed by atoms with Crippen LogP contribution in [0.2, 0.25) is 5.02 Å². The van der Waals surface area contributed by atoms with Crippen molar-refractivity contribution >= 4 is 11.6 Å². The molecule has 1 nitrogen and oxygen atoms in total. The summed E-state index contributed by atoms with van der Waals surface area (Å²) >= 11 is 6.17. The Balaban J connectivity index is 2.25. The predicted molar refractivity (Wildman–Crippen MR) is 81.3 cm³/mol. The monoisotopic (exact) mass is 298 g/mol. The van der Waals surface area contributed by atoms with Gasteiger partial charge in [0, 0.05) is 10.6 Å². The molecular weight excluding hydrogens is 275 g/mol. The van der Waals surface area contributed by atoms with Crippen molar-refractivity contribution in [2.24, 2.45) is 11.3 Å². The van der Waals surface area contributed by atoms with Gasteiger partial charge >= 0.3 is 0 Å². The Hall–Kier alpha value is -0.600. The zero-order valence-electron chi connectivity index (χ0n) is 12.5. The maximum atomic E-state index is 13.5. The maximum Gasteiger partial charge on any atom is 0.123 e. The van der Waals surface area contributed by atoms with Crippen molar-refractivity contribution in [3.05, 3.63) is 34.6 Å². The quantitative estimate of drug-likeness (QED) is 0.698. The van der Waals surface area contributed by atoms with Gasteiger partial charge in [0.25, 0.3) is 0 Å². The summed E-state index contributed by atoms with van der Waals surface area (Å²) in [4.78, 5) is 0. The van der Waals surface area contributed by atoms with Gasteiger partial charge in [-0.1, -0.05) is 32.4 Å². The van der Waals surface area contributed by atoms with Gasteiger partial charge in [-0.15, -0.1) is 0 Å². The molecule has 0 amide bonds. The molecule has 1 aliphatic carbocycles. The van der Waals surface area contributed by atoms with Crippen LogP contribution in [0.4, 0.5) is 4.39 Å². The second kappa shape index (κ2) is 5.65. The highest BCUT2D eigenvalue weighted by Crippen LogP contribution is 2.44. The number of benzene rings is 1. The molecule has 0 radical (unpaired) electrons.